The maximum Gasteiger partial charge on any atom is 0.310 e. The average Bonchev–Trinajstić information content (AvgIpc) is 2.48. The Labute approximate surface area is 133 Å². The van der Waals surface area contributed by atoms with Crippen molar-refractivity contribution in [1.82, 2.24) is 0 Å². The molecule has 0 heterocycles. The van der Waals surface area contributed by atoms with E-state index >= 15 is 0 Å². The van der Waals surface area contributed by atoms with Crippen molar-refractivity contribution in [2.45, 2.75) is 23.5 Å². The van der Waals surface area contributed by atoms with Crippen molar-refractivity contribution in [2.75, 3.05) is 5.73 Å². The highest BCUT2D eigenvalue weighted by molar-refractivity contribution is 7.98. The van der Waals surface area contributed by atoms with Crippen LogP contribution < -0.4 is 5.73 Å². The monoisotopic (exact) mass is 321 g/mol. The summed E-state index contributed by atoms with van der Waals surface area (Å²) in [7, 11) is 0. The van der Waals surface area contributed by atoms with Crippen LogP contribution in [-0.4, -0.2) is 11.1 Å². The number of carboxylic acids is 1. The van der Waals surface area contributed by atoms with Gasteiger partial charge in [0, 0.05) is 21.4 Å². The Hall–Kier alpha value is -1.65. The van der Waals surface area contributed by atoms with Crippen molar-refractivity contribution >= 4 is 35.0 Å². The van der Waals surface area contributed by atoms with Crippen LogP contribution in [0.1, 0.15) is 24.0 Å². The number of halogens is 1. The van der Waals surface area contributed by atoms with Gasteiger partial charge in [0.15, 0.2) is 0 Å². The molecule has 0 aliphatic carbocycles. The molecule has 3 N–H and O–H groups in total. The molecule has 1 atom stereocenters. The van der Waals surface area contributed by atoms with Crippen LogP contribution >= 0.6 is 23.4 Å². The van der Waals surface area contributed by atoms with Gasteiger partial charge in [-0.3, -0.25) is 4.79 Å². The third-order valence-corrected chi connectivity index (χ3v) is 4.60. The zero-order chi connectivity index (χ0) is 15.4. The quantitative estimate of drug-likeness (QED) is 0.632. The Balaban J connectivity index is 2.04. The lowest BCUT2D eigenvalue weighted by Crippen LogP contribution is -2.07. The van der Waals surface area contributed by atoms with Gasteiger partial charge in [-0.2, -0.15) is 0 Å². The number of aliphatic carboxylic acids is 1. The highest BCUT2D eigenvalue weighted by Crippen LogP contribution is 2.30. The molecule has 3 nitrogen and oxygen atoms in total. The van der Waals surface area contributed by atoms with Crippen LogP contribution in [0, 0.1) is 0 Å². The zero-order valence-corrected chi connectivity index (χ0v) is 13.1. The lowest BCUT2D eigenvalue weighted by atomic mass is 10.0. The maximum atomic E-state index is 10.9. The first-order valence-electron chi connectivity index (χ1n) is 6.47. The molecular weight excluding hydrogens is 306 g/mol. The fraction of sp³-hybridized carbons (Fsp3) is 0.188. The van der Waals surface area contributed by atoms with E-state index in [0.29, 0.717) is 10.7 Å². The number of anilines is 1. The van der Waals surface area contributed by atoms with E-state index in [1.807, 2.05) is 30.3 Å². The number of hydrogen-bond donors (Lipinski definition) is 2. The van der Waals surface area contributed by atoms with Gasteiger partial charge in [0.05, 0.1) is 5.92 Å². The summed E-state index contributed by atoms with van der Waals surface area (Å²) >= 11 is 7.57. The summed E-state index contributed by atoms with van der Waals surface area (Å²) < 4.78 is 0. The predicted octanol–water partition coefficient (Wildman–Crippen LogP) is 4.40. The Kier molecular flexibility index (Phi) is 5.15. The fourth-order valence-corrected chi connectivity index (χ4v) is 3.04. The van der Waals surface area contributed by atoms with Crippen molar-refractivity contribution < 1.29 is 9.90 Å². The Morgan fingerprint density at radius 2 is 1.95 bits per heavy atom. The summed E-state index contributed by atoms with van der Waals surface area (Å²) in [4.78, 5) is 11.9. The van der Waals surface area contributed by atoms with Crippen LogP contribution in [0.2, 0.25) is 5.02 Å². The number of nitrogens with two attached hydrogens (primary N) is 1. The molecule has 21 heavy (non-hydrogen) atoms. The minimum atomic E-state index is -0.816. The summed E-state index contributed by atoms with van der Waals surface area (Å²) in [6.45, 7) is 1.68. The van der Waals surface area contributed by atoms with Gasteiger partial charge in [-0.15, -0.1) is 11.8 Å². The zero-order valence-electron chi connectivity index (χ0n) is 11.5. The highest BCUT2D eigenvalue weighted by atomic mass is 35.5. The van der Waals surface area contributed by atoms with Crippen molar-refractivity contribution in [1.29, 1.82) is 0 Å². The molecule has 0 saturated carbocycles. The second kappa shape index (κ2) is 6.87. The molecule has 1 unspecified atom stereocenters. The molecule has 0 radical (unpaired) electrons. The molecule has 2 aromatic carbocycles. The van der Waals surface area contributed by atoms with E-state index in [2.05, 4.69) is 0 Å². The minimum Gasteiger partial charge on any atom is -0.481 e. The van der Waals surface area contributed by atoms with E-state index in [1.165, 1.54) is 0 Å². The van der Waals surface area contributed by atoms with E-state index in [9.17, 15) is 4.79 Å². The molecule has 2 rings (SSSR count). The summed E-state index contributed by atoms with van der Waals surface area (Å²) in [5.41, 5.74) is 8.53. The first-order valence-corrected chi connectivity index (χ1v) is 7.83. The van der Waals surface area contributed by atoms with Crippen LogP contribution in [0.25, 0.3) is 0 Å². The van der Waals surface area contributed by atoms with Gasteiger partial charge in [-0.05, 0) is 36.2 Å². The Morgan fingerprint density at radius 1 is 1.29 bits per heavy atom. The lowest BCUT2D eigenvalue weighted by molar-refractivity contribution is -0.138. The Bertz CT molecular complexity index is 643. The number of rotatable bonds is 5. The summed E-state index contributed by atoms with van der Waals surface area (Å²) in [6.07, 6.45) is 0. The molecule has 0 saturated heterocycles. The molecule has 0 spiro atoms. The van der Waals surface area contributed by atoms with Gasteiger partial charge in [0.1, 0.15) is 0 Å². The topological polar surface area (TPSA) is 63.3 Å². The van der Waals surface area contributed by atoms with Gasteiger partial charge in [-0.25, -0.2) is 0 Å². The Morgan fingerprint density at radius 3 is 2.57 bits per heavy atom. The molecule has 0 aliphatic heterocycles. The van der Waals surface area contributed by atoms with Crippen LogP contribution in [0.4, 0.5) is 5.69 Å². The number of benzene rings is 2. The maximum absolute atomic E-state index is 10.9. The van der Waals surface area contributed by atoms with E-state index in [0.717, 1.165) is 21.8 Å². The molecular formula is C16H16ClNO2S. The summed E-state index contributed by atoms with van der Waals surface area (Å²) in [5.74, 6) is -0.550. The van der Waals surface area contributed by atoms with Gasteiger partial charge >= 0.3 is 5.97 Å². The normalized spacial score (nSPS) is 12.1. The number of nitrogen functional groups attached to an aromatic ring is 1. The lowest BCUT2D eigenvalue weighted by Gasteiger charge is -2.09. The number of thioether (sulfide) groups is 1. The van der Waals surface area contributed by atoms with Crippen LogP contribution in [-0.2, 0) is 10.5 Å². The first-order chi connectivity index (χ1) is 9.97. The average molecular weight is 322 g/mol. The van der Waals surface area contributed by atoms with Crippen LogP contribution in [0.3, 0.4) is 0 Å². The van der Waals surface area contributed by atoms with Gasteiger partial charge < -0.3 is 10.8 Å². The van der Waals surface area contributed by atoms with Crippen molar-refractivity contribution in [3.8, 4) is 0 Å². The molecule has 5 heteroatoms. The van der Waals surface area contributed by atoms with Crippen molar-refractivity contribution in [2.24, 2.45) is 0 Å². The molecule has 0 aliphatic rings. The third-order valence-electron chi connectivity index (χ3n) is 3.22. The minimum absolute atomic E-state index is 0.490. The van der Waals surface area contributed by atoms with E-state index in [4.69, 9.17) is 22.4 Å². The van der Waals surface area contributed by atoms with Crippen molar-refractivity contribution in [3.63, 3.8) is 0 Å². The van der Waals surface area contributed by atoms with Gasteiger partial charge in [0.25, 0.3) is 0 Å². The van der Waals surface area contributed by atoms with Gasteiger partial charge in [0.2, 0.25) is 0 Å². The predicted molar refractivity (Wildman–Crippen MR) is 87.9 cm³/mol. The number of carboxylic acid groups (broad SMARTS) is 1. The van der Waals surface area contributed by atoms with Crippen molar-refractivity contribution in [3.05, 3.63) is 58.6 Å². The van der Waals surface area contributed by atoms with Gasteiger partial charge in [-0.1, -0.05) is 35.9 Å². The summed E-state index contributed by atoms with van der Waals surface area (Å²) in [5, 5.41) is 9.65. The largest absolute Gasteiger partial charge is 0.481 e. The second-order valence-electron chi connectivity index (χ2n) is 4.77. The van der Waals surface area contributed by atoms with Crippen LogP contribution in [0.15, 0.2) is 47.4 Å². The fourth-order valence-electron chi connectivity index (χ4n) is 1.84. The van der Waals surface area contributed by atoms with E-state index in [1.54, 1.807) is 30.8 Å². The molecule has 0 fully saturated rings. The highest BCUT2D eigenvalue weighted by Gasteiger charge is 2.13. The molecule has 110 valence electrons. The molecule has 0 aromatic heterocycles. The van der Waals surface area contributed by atoms with Crippen LogP contribution in [0.5, 0.6) is 0 Å². The van der Waals surface area contributed by atoms with E-state index in [-0.39, 0.29) is 0 Å². The number of hydrogen-bond acceptors (Lipinski definition) is 3. The molecule has 0 bridgehead atoms. The second-order valence-corrected chi connectivity index (χ2v) is 6.23. The summed E-state index contributed by atoms with van der Waals surface area (Å²) in [6, 6.07) is 13.0. The first kappa shape index (κ1) is 15.7. The number of carbonyl (C=O) groups is 1. The standard InChI is InChI=1S/C16H16ClNO2S/c1-10(16(19)20)12-4-2-11(3-5-12)9-21-15-8-13(17)6-7-14(15)18/h2-8,10H,9,18H2,1H3,(H,19,20). The van der Waals surface area contributed by atoms with E-state index < -0.39 is 11.9 Å². The molecule has 2 aromatic rings. The molecule has 0 amide bonds. The SMILES string of the molecule is CC(C(=O)O)c1ccc(CSc2cc(Cl)ccc2N)cc1. The smallest absolute Gasteiger partial charge is 0.310 e. The third kappa shape index (κ3) is 4.16.